The Bertz CT molecular complexity index is 579. The summed E-state index contributed by atoms with van der Waals surface area (Å²) in [6, 6.07) is 9.03. The van der Waals surface area contributed by atoms with E-state index in [1.807, 2.05) is 0 Å². The van der Waals surface area contributed by atoms with Crippen LogP contribution in [0.15, 0.2) is 24.3 Å². The maximum absolute atomic E-state index is 2.73. The van der Waals surface area contributed by atoms with E-state index in [1.165, 1.54) is 69.9 Å². The van der Waals surface area contributed by atoms with Gasteiger partial charge in [0.05, 0.1) is 0 Å². The molecule has 3 aliphatic rings. The SMILES string of the molecule is Cc1ccc(N2CC3(CN(CC4CCN(C(C)(C)C)CC4)C3)C2)cc1. The molecule has 3 nitrogen and oxygen atoms in total. The van der Waals surface area contributed by atoms with Gasteiger partial charge in [-0.05, 0) is 71.7 Å². The number of aryl methyl sites for hydroxylation is 1. The van der Waals surface area contributed by atoms with E-state index in [1.54, 1.807) is 0 Å². The third kappa shape index (κ3) is 3.59. The quantitative estimate of drug-likeness (QED) is 0.831. The van der Waals surface area contributed by atoms with Gasteiger partial charge in [-0.2, -0.15) is 0 Å². The molecule has 3 heterocycles. The molecule has 0 aromatic heterocycles. The maximum atomic E-state index is 2.73. The van der Waals surface area contributed by atoms with Crippen LogP contribution in [0.1, 0.15) is 39.2 Å². The zero-order valence-electron chi connectivity index (χ0n) is 16.6. The van der Waals surface area contributed by atoms with Crippen LogP contribution in [-0.4, -0.2) is 61.2 Å². The van der Waals surface area contributed by atoms with Crippen molar-refractivity contribution in [1.82, 2.24) is 9.80 Å². The fourth-order valence-electron chi connectivity index (χ4n) is 5.08. The van der Waals surface area contributed by atoms with Crippen LogP contribution in [0, 0.1) is 18.3 Å². The molecule has 0 amide bonds. The van der Waals surface area contributed by atoms with E-state index in [2.05, 4.69) is 66.7 Å². The van der Waals surface area contributed by atoms with Crippen LogP contribution in [-0.2, 0) is 0 Å². The number of hydrogen-bond donors (Lipinski definition) is 0. The molecule has 3 fully saturated rings. The van der Waals surface area contributed by atoms with Gasteiger partial charge in [-0.25, -0.2) is 0 Å². The van der Waals surface area contributed by atoms with Crippen molar-refractivity contribution in [3.63, 3.8) is 0 Å². The van der Waals surface area contributed by atoms with E-state index in [0.29, 0.717) is 11.0 Å². The summed E-state index contributed by atoms with van der Waals surface area (Å²) < 4.78 is 0. The molecule has 3 heteroatoms. The summed E-state index contributed by atoms with van der Waals surface area (Å²) in [6.07, 6.45) is 2.77. The number of likely N-dealkylation sites (tertiary alicyclic amines) is 2. The van der Waals surface area contributed by atoms with Gasteiger partial charge in [-0.3, -0.25) is 4.90 Å². The van der Waals surface area contributed by atoms with E-state index >= 15 is 0 Å². The van der Waals surface area contributed by atoms with E-state index in [-0.39, 0.29) is 0 Å². The fourth-order valence-corrected chi connectivity index (χ4v) is 5.08. The summed E-state index contributed by atoms with van der Waals surface area (Å²) in [5, 5.41) is 0. The van der Waals surface area contributed by atoms with Crippen molar-refractivity contribution in [3.05, 3.63) is 29.8 Å². The number of piperidine rings is 1. The second-order valence-corrected chi connectivity index (χ2v) is 9.96. The molecule has 138 valence electrons. The first-order valence-corrected chi connectivity index (χ1v) is 10.1. The average molecular weight is 342 g/mol. The van der Waals surface area contributed by atoms with Crippen molar-refractivity contribution in [2.24, 2.45) is 11.3 Å². The van der Waals surface area contributed by atoms with Gasteiger partial charge in [0.25, 0.3) is 0 Å². The highest BCUT2D eigenvalue weighted by molar-refractivity contribution is 5.51. The molecule has 3 aliphatic heterocycles. The lowest BCUT2D eigenvalue weighted by atomic mass is 9.72. The van der Waals surface area contributed by atoms with Gasteiger partial charge in [-0.15, -0.1) is 0 Å². The Labute approximate surface area is 154 Å². The minimum Gasteiger partial charge on any atom is -0.370 e. The topological polar surface area (TPSA) is 9.72 Å². The summed E-state index contributed by atoms with van der Waals surface area (Å²) in [5.41, 5.74) is 3.71. The number of anilines is 1. The van der Waals surface area contributed by atoms with Gasteiger partial charge < -0.3 is 9.80 Å². The van der Waals surface area contributed by atoms with Crippen LogP contribution >= 0.6 is 0 Å². The van der Waals surface area contributed by atoms with Crippen molar-refractivity contribution >= 4 is 5.69 Å². The van der Waals surface area contributed by atoms with Crippen LogP contribution in [0.4, 0.5) is 5.69 Å². The van der Waals surface area contributed by atoms with E-state index in [4.69, 9.17) is 0 Å². The van der Waals surface area contributed by atoms with Crippen LogP contribution < -0.4 is 4.90 Å². The minimum absolute atomic E-state index is 0.344. The predicted octanol–water partition coefficient (Wildman–Crippen LogP) is 3.63. The van der Waals surface area contributed by atoms with Gasteiger partial charge >= 0.3 is 0 Å². The van der Waals surface area contributed by atoms with Crippen LogP contribution in [0.5, 0.6) is 0 Å². The van der Waals surface area contributed by atoms with E-state index in [9.17, 15) is 0 Å². The molecule has 0 bridgehead atoms. The first-order chi connectivity index (χ1) is 11.8. The lowest BCUT2D eigenvalue weighted by molar-refractivity contribution is -0.0384. The third-order valence-corrected chi connectivity index (χ3v) is 6.65. The van der Waals surface area contributed by atoms with Crippen LogP contribution in [0.2, 0.25) is 0 Å². The van der Waals surface area contributed by atoms with Crippen LogP contribution in [0.25, 0.3) is 0 Å². The van der Waals surface area contributed by atoms with Gasteiger partial charge in [0, 0.05) is 49.4 Å². The molecule has 0 radical (unpaired) electrons. The van der Waals surface area contributed by atoms with Crippen molar-refractivity contribution in [1.29, 1.82) is 0 Å². The van der Waals surface area contributed by atoms with Gasteiger partial charge in [0.1, 0.15) is 0 Å². The highest BCUT2D eigenvalue weighted by Crippen LogP contribution is 2.42. The monoisotopic (exact) mass is 341 g/mol. The molecule has 25 heavy (non-hydrogen) atoms. The Balaban J connectivity index is 1.19. The second kappa shape index (κ2) is 6.28. The van der Waals surface area contributed by atoms with E-state index < -0.39 is 0 Å². The molecular weight excluding hydrogens is 306 g/mol. The summed E-state index contributed by atoms with van der Waals surface area (Å²) in [5.74, 6) is 0.921. The molecule has 3 saturated heterocycles. The zero-order chi connectivity index (χ0) is 17.7. The predicted molar refractivity (Wildman–Crippen MR) is 106 cm³/mol. The Morgan fingerprint density at radius 1 is 0.960 bits per heavy atom. The Morgan fingerprint density at radius 2 is 1.56 bits per heavy atom. The summed E-state index contributed by atoms with van der Waals surface area (Å²) in [4.78, 5) is 7.94. The highest BCUT2D eigenvalue weighted by atomic mass is 15.3. The number of nitrogens with zero attached hydrogens (tertiary/aromatic N) is 3. The van der Waals surface area contributed by atoms with Crippen molar-refractivity contribution in [2.75, 3.05) is 50.7 Å². The summed E-state index contributed by atoms with van der Waals surface area (Å²) in [6.45, 7) is 18.3. The maximum Gasteiger partial charge on any atom is 0.0366 e. The molecular formula is C22H35N3. The summed E-state index contributed by atoms with van der Waals surface area (Å²) >= 11 is 0. The Kier molecular flexibility index (Phi) is 4.36. The first-order valence-electron chi connectivity index (χ1n) is 10.1. The number of hydrogen-bond acceptors (Lipinski definition) is 3. The van der Waals surface area contributed by atoms with Gasteiger partial charge in [-0.1, -0.05) is 17.7 Å². The highest BCUT2D eigenvalue weighted by Gasteiger charge is 2.51. The van der Waals surface area contributed by atoms with E-state index in [0.717, 1.165) is 5.92 Å². The Morgan fingerprint density at radius 3 is 2.12 bits per heavy atom. The molecule has 1 aromatic rings. The van der Waals surface area contributed by atoms with Crippen molar-refractivity contribution < 1.29 is 0 Å². The molecule has 0 N–H and O–H groups in total. The minimum atomic E-state index is 0.344. The number of rotatable bonds is 3. The zero-order valence-corrected chi connectivity index (χ0v) is 16.6. The standard InChI is InChI=1S/C22H35N3/c1-18-5-7-20(8-6-18)24-16-22(17-24)14-23(15-22)13-19-9-11-25(12-10-19)21(2,3)4/h5-8,19H,9-17H2,1-4H3. The molecule has 0 saturated carbocycles. The average Bonchev–Trinajstić information content (AvgIpc) is 2.49. The smallest absolute Gasteiger partial charge is 0.0366 e. The van der Waals surface area contributed by atoms with Crippen molar-refractivity contribution in [2.45, 2.75) is 46.1 Å². The normalized spacial score (nSPS) is 25.0. The fraction of sp³-hybridized carbons (Fsp3) is 0.727. The molecule has 1 aromatic carbocycles. The van der Waals surface area contributed by atoms with Gasteiger partial charge in [0.2, 0.25) is 0 Å². The van der Waals surface area contributed by atoms with Crippen molar-refractivity contribution in [3.8, 4) is 0 Å². The lowest BCUT2D eigenvalue weighted by Gasteiger charge is -2.61. The van der Waals surface area contributed by atoms with Gasteiger partial charge in [0.15, 0.2) is 0 Å². The van der Waals surface area contributed by atoms with Crippen LogP contribution in [0.3, 0.4) is 0 Å². The molecule has 0 aliphatic carbocycles. The molecule has 4 rings (SSSR count). The number of benzene rings is 1. The lowest BCUT2D eigenvalue weighted by Crippen LogP contribution is -2.72. The molecule has 0 unspecified atom stereocenters. The largest absolute Gasteiger partial charge is 0.370 e. The molecule has 0 atom stereocenters. The second-order valence-electron chi connectivity index (χ2n) is 9.96. The summed E-state index contributed by atoms with van der Waals surface area (Å²) in [7, 11) is 0. The first kappa shape index (κ1) is 17.4. The third-order valence-electron chi connectivity index (χ3n) is 6.65. The molecule has 1 spiro atoms. The Hall–Kier alpha value is -1.06.